The number of hydrogen-bond donors (Lipinski definition) is 5. The van der Waals surface area contributed by atoms with E-state index in [1.54, 1.807) is 24.3 Å². The molecule has 0 spiro atoms. The monoisotopic (exact) mass is 275 g/mol. The lowest BCUT2D eigenvalue weighted by molar-refractivity contribution is 0.304. The van der Waals surface area contributed by atoms with E-state index < -0.39 is 0 Å². The molecule has 0 aliphatic carbocycles. The van der Waals surface area contributed by atoms with E-state index in [0.717, 1.165) is 26.2 Å². The lowest BCUT2D eigenvalue weighted by Gasteiger charge is -2.30. The first kappa shape index (κ1) is 14.1. The summed E-state index contributed by atoms with van der Waals surface area (Å²) in [7, 11) is 0. The average molecular weight is 275 g/mol. The zero-order chi connectivity index (χ0) is 14.5. The second kappa shape index (κ2) is 6.21. The van der Waals surface area contributed by atoms with Crippen LogP contribution < -0.4 is 22.5 Å². The van der Waals surface area contributed by atoms with E-state index in [1.165, 1.54) is 0 Å². The quantitative estimate of drug-likeness (QED) is 0.483. The lowest BCUT2D eigenvalue weighted by atomic mass is 10.1. The number of phenols is 1. The van der Waals surface area contributed by atoms with Gasteiger partial charge < -0.3 is 32.5 Å². The number of piperazine rings is 1. The van der Waals surface area contributed by atoms with Gasteiger partial charge in [0.25, 0.3) is 0 Å². The smallest absolute Gasteiger partial charge is 0.124 e. The minimum absolute atomic E-state index is 0.136. The molecule has 0 amide bonds. The van der Waals surface area contributed by atoms with Gasteiger partial charge in [0.15, 0.2) is 0 Å². The van der Waals surface area contributed by atoms with Crippen molar-refractivity contribution in [2.45, 2.75) is 0 Å². The maximum Gasteiger partial charge on any atom is 0.124 e. The summed E-state index contributed by atoms with van der Waals surface area (Å²) >= 11 is 0. The fourth-order valence-corrected chi connectivity index (χ4v) is 2.21. The van der Waals surface area contributed by atoms with Crippen molar-refractivity contribution in [3.63, 3.8) is 0 Å². The number of rotatable bonds is 3. The van der Waals surface area contributed by atoms with Gasteiger partial charge in [0.05, 0.1) is 5.70 Å². The first-order valence-electron chi connectivity index (χ1n) is 6.56. The Morgan fingerprint density at radius 1 is 1.15 bits per heavy atom. The largest absolute Gasteiger partial charge is 0.507 e. The molecule has 0 radical (unpaired) electrons. The van der Waals surface area contributed by atoms with E-state index in [1.807, 2.05) is 6.07 Å². The van der Waals surface area contributed by atoms with Gasteiger partial charge >= 0.3 is 0 Å². The van der Waals surface area contributed by atoms with Gasteiger partial charge in [-0.25, -0.2) is 0 Å². The van der Waals surface area contributed by atoms with Crippen molar-refractivity contribution in [2.75, 3.05) is 26.2 Å². The number of phenolic OH excluding ortho intramolecular Hbond substituents is 1. The third-order valence-electron chi connectivity index (χ3n) is 3.26. The van der Waals surface area contributed by atoms with Crippen LogP contribution in [0, 0.1) is 0 Å². The van der Waals surface area contributed by atoms with Gasteiger partial charge in [-0.1, -0.05) is 12.1 Å². The number of nitrogens with zero attached hydrogens (tertiary/aromatic N) is 1. The standard InChI is InChI=1S/C14H21N5O/c15-11(10-3-1-2-4-13(10)20)9-12(14(16)17)19-7-5-18-6-8-19/h1-4,9,18,20H,5-8,15-17H2/b11-9-. The van der Waals surface area contributed by atoms with Gasteiger partial charge in [-0.3, -0.25) is 0 Å². The van der Waals surface area contributed by atoms with Crippen LogP contribution in [0.5, 0.6) is 5.75 Å². The second-order valence-corrected chi connectivity index (χ2v) is 4.69. The lowest BCUT2D eigenvalue weighted by Crippen LogP contribution is -2.43. The highest BCUT2D eigenvalue weighted by Crippen LogP contribution is 2.23. The maximum absolute atomic E-state index is 9.82. The summed E-state index contributed by atoms with van der Waals surface area (Å²) < 4.78 is 0. The van der Waals surface area contributed by atoms with Crippen molar-refractivity contribution in [1.82, 2.24) is 10.2 Å². The molecular weight excluding hydrogens is 254 g/mol. The number of nitrogens with one attached hydrogen (secondary N) is 1. The van der Waals surface area contributed by atoms with Crippen LogP contribution in [0.2, 0.25) is 0 Å². The Labute approximate surface area is 118 Å². The highest BCUT2D eigenvalue weighted by Gasteiger charge is 2.14. The normalized spacial score (nSPS) is 16.0. The fraction of sp³-hybridized carbons (Fsp3) is 0.286. The van der Waals surface area contributed by atoms with Crippen molar-refractivity contribution >= 4 is 5.70 Å². The SMILES string of the molecule is NC(N)=C(/C=C(\N)c1ccccc1O)N1CCNCC1. The molecule has 0 saturated carbocycles. The second-order valence-electron chi connectivity index (χ2n) is 4.69. The molecule has 0 bridgehead atoms. The van der Waals surface area contributed by atoms with Crippen LogP contribution in [0.3, 0.4) is 0 Å². The van der Waals surface area contributed by atoms with Crippen LogP contribution in [0.1, 0.15) is 5.56 Å². The first-order chi connectivity index (χ1) is 9.59. The van der Waals surface area contributed by atoms with Gasteiger partial charge in [-0.15, -0.1) is 0 Å². The Kier molecular flexibility index (Phi) is 4.37. The van der Waals surface area contributed by atoms with Crippen LogP contribution in [-0.4, -0.2) is 36.2 Å². The van der Waals surface area contributed by atoms with Gasteiger partial charge in [-0.2, -0.15) is 0 Å². The maximum atomic E-state index is 9.82. The van der Waals surface area contributed by atoms with Crippen molar-refractivity contribution in [3.05, 3.63) is 47.4 Å². The van der Waals surface area contributed by atoms with Crippen molar-refractivity contribution < 1.29 is 5.11 Å². The number of nitrogens with two attached hydrogens (primary N) is 3. The van der Waals surface area contributed by atoms with Crippen LogP contribution in [0.25, 0.3) is 5.70 Å². The molecule has 0 aromatic heterocycles. The summed E-state index contributed by atoms with van der Waals surface area (Å²) in [6.07, 6.45) is 1.72. The Hall–Kier alpha value is -2.34. The van der Waals surface area contributed by atoms with Crippen molar-refractivity contribution in [1.29, 1.82) is 0 Å². The molecule has 8 N–H and O–H groups in total. The molecule has 1 aromatic carbocycles. The number of benzene rings is 1. The summed E-state index contributed by atoms with van der Waals surface area (Å²) in [5.41, 5.74) is 19.3. The van der Waals surface area contributed by atoms with E-state index in [2.05, 4.69) is 10.2 Å². The topological polar surface area (TPSA) is 114 Å². The van der Waals surface area contributed by atoms with Gasteiger partial charge in [-0.05, 0) is 18.2 Å². The Morgan fingerprint density at radius 3 is 2.40 bits per heavy atom. The molecular formula is C14H21N5O. The minimum Gasteiger partial charge on any atom is -0.507 e. The van der Waals surface area contributed by atoms with Crippen LogP contribution in [0.4, 0.5) is 0 Å². The predicted molar refractivity (Wildman–Crippen MR) is 80.1 cm³/mol. The Balaban J connectivity index is 2.30. The molecule has 1 fully saturated rings. The van der Waals surface area contributed by atoms with Crippen molar-refractivity contribution in [3.8, 4) is 5.75 Å². The fourth-order valence-electron chi connectivity index (χ4n) is 2.21. The molecule has 20 heavy (non-hydrogen) atoms. The number of para-hydroxylation sites is 1. The highest BCUT2D eigenvalue weighted by atomic mass is 16.3. The molecule has 6 nitrogen and oxygen atoms in total. The minimum atomic E-state index is 0.136. The highest BCUT2D eigenvalue weighted by molar-refractivity contribution is 5.69. The summed E-state index contributed by atoms with van der Waals surface area (Å²) in [6, 6.07) is 6.91. The van der Waals surface area contributed by atoms with Crippen molar-refractivity contribution in [2.24, 2.45) is 17.2 Å². The van der Waals surface area contributed by atoms with Crippen LogP contribution in [-0.2, 0) is 0 Å². The number of aromatic hydroxyl groups is 1. The molecule has 1 aliphatic rings. The Morgan fingerprint density at radius 2 is 1.80 bits per heavy atom. The average Bonchev–Trinajstić information content (AvgIpc) is 2.45. The van der Waals surface area contributed by atoms with Gasteiger partial charge in [0.1, 0.15) is 11.6 Å². The molecule has 6 heteroatoms. The van der Waals surface area contributed by atoms with E-state index in [4.69, 9.17) is 17.2 Å². The third-order valence-corrected chi connectivity index (χ3v) is 3.26. The third kappa shape index (κ3) is 3.16. The zero-order valence-electron chi connectivity index (χ0n) is 11.3. The summed E-state index contributed by atoms with van der Waals surface area (Å²) in [6.45, 7) is 3.39. The Bertz CT molecular complexity index is 528. The molecule has 1 saturated heterocycles. The summed E-state index contributed by atoms with van der Waals surface area (Å²) in [5, 5.41) is 13.1. The summed E-state index contributed by atoms with van der Waals surface area (Å²) in [4.78, 5) is 2.08. The predicted octanol–water partition coefficient (Wildman–Crippen LogP) is -0.317. The number of allylic oxidation sites excluding steroid dienone is 1. The van der Waals surface area contributed by atoms with Gasteiger partial charge in [0, 0.05) is 37.4 Å². The van der Waals surface area contributed by atoms with E-state index in [9.17, 15) is 5.11 Å². The summed E-state index contributed by atoms with van der Waals surface area (Å²) in [5.74, 6) is 0.363. The first-order valence-corrected chi connectivity index (χ1v) is 6.56. The molecule has 1 heterocycles. The van der Waals surface area contributed by atoms with E-state index in [-0.39, 0.29) is 11.6 Å². The van der Waals surface area contributed by atoms with E-state index >= 15 is 0 Å². The van der Waals surface area contributed by atoms with E-state index in [0.29, 0.717) is 17.0 Å². The molecule has 108 valence electrons. The van der Waals surface area contributed by atoms with Crippen LogP contribution >= 0.6 is 0 Å². The molecule has 0 atom stereocenters. The molecule has 1 aromatic rings. The number of hydrogen-bond acceptors (Lipinski definition) is 6. The molecule has 2 rings (SSSR count). The van der Waals surface area contributed by atoms with Crippen LogP contribution in [0.15, 0.2) is 41.9 Å². The molecule has 0 unspecified atom stereocenters. The zero-order valence-corrected chi connectivity index (χ0v) is 11.3. The molecule has 1 aliphatic heterocycles. The van der Waals surface area contributed by atoms with Gasteiger partial charge in [0.2, 0.25) is 0 Å².